The van der Waals surface area contributed by atoms with E-state index in [2.05, 4.69) is 15.5 Å². The van der Waals surface area contributed by atoms with Gasteiger partial charge < -0.3 is 10.4 Å². The first-order chi connectivity index (χ1) is 12.5. The second-order valence-corrected chi connectivity index (χ2v) is 5.62. The van der Waals surface area contributed by atoms with Crippen LogP contribution in [0.25, 0.3) is 0 Å². The maximum atomic E-state index is 13.7. The Balaban J connectivity index is 1.68. The Morgan fingerprint density at radius 2 is 2.04 bits per heavy atom. The van der Waals surface area contributed by atoms with Crippen LogP contribution in [-0.2, 0) is 11.3 Å². The molecule has 0 fully saturated rings. The summed E-state index contributed by atoms with van der Waals surface area (Å²) in [4.78, 5) is 23.5. The van der Waals surface area contributed by atoms with E-state index < -0.39 is 17.9 Å². The van der Waals surface area contributed by atoms with Crippen LogP contribution in [0.5, 0.6) is 0 Å². The van der Waals surface area contributed by atoms with E-state index in [1.54, 1.807) is 30.5 Å². The molecule has 0 spiro atoms. The second kappa shape index (κ2) is 7.18. The highest BCUT2D eigenvalue weighted by molar-refractivity contribution is 5.93. The van der Waals surface area contributed by atoms with Crippen LogP contribution < -0.4 is 5.32 Å². The number of anilines is 1. The number of carbonyl (C=O) groups is 2. The van der Waals surface area contributed by atoms with Crippen molar-refractivity contribution < 1.29 is 19.1 Å². The maximum Gasteiger partial charge on any atom is 0.354 e. The smallest absolute Gasteiger partial charge is 0.354 e. The third kappa shape index (κ3) is 3.61. The molecule has 1 amide bonds. The van der Waals surface area contributed by atoms with Crippen molar-refractivity contribution in [2.24, 2.45) is 0 Å². The minimum Gasteiger partial charge on any atom is -0.477 e. The zero-order chi connectivity index (χ0) is 18.7. The zero-order valence-corrected chi connectivity index (χ0v) is 13.8. The van der Waals surface area contributed by atoms with Crippen molar-refractivity contribution in [3.63, 3.8) is 0 Å². The molecule has 0 aliphatic heterocycles. The lowest BCUT2D eigenvalue weighted by Gasteiger charge is -2.13. The summed E-state index contributed by atoms with van der Waals surface area (Å²) in [6.45, 7) is 1.76. The summed E-state index contributed by atoms with van der Waals surface area (Å²) in [5.41, 5.74) is 0.391. The number of benzene rings is 1. The average Bonchev–Trinajstić information content (AvgIpc) is 3.25. The largest absolute Gasteiger partial charge is 0.477 e. The fourth-order valence-electron chi connectivity index (χ4n) is 2.45. The molecule has 0 aliphatic carbocycles. The van der Waals surface area contributed by atoms with Crippen LogP contribution in [0.15, 0.2) is 48.8 Å². The average molecular weight is 357 g/mol. The number of carboxylic acids is 1. The van der Waals surface area contributed by atoms with Crippen LogP contribution in [0.3, 0.4) is 0 Å². The molecule has 0 saturated heterocycles. The fourth-order valence-corrected chi connectivity index (χ4v) is 2.45. The van der Waals surface area contributed by atoms with Gasteiger partial charge in [-0.25, -0.2) is 13.9 Å². The van der Waals surface area contributed by atoms with Crippen molar-refractivity contribution in [3.8, 4) is 0 Å². The van der Waals surface area contributed by atoms with Crippen molar-refractivity contribution in [1.29, 1.82) is 0 Å². The predicted molar refractivity (Wildman–Crippen MR) is 90.3 cm³/mol. The lowest BCUT2D eigenvalue weighted by atomic mass is 10.2. The Kier molecular flexibility index (Phi) is 4.78. The molecule has 9 heteroatoms. The van der Waals surface area contributed by atoms with Gasteiger partial charge in [0.25, 0.3) is 0 Å². The highest BCUT2D eigenvalue weighted by Crippen LogP contribution is 2.14. The fraction of sp³-hybridized carbons (Fsp3) is 0.176. The number of hydrogen-bond donors (Lipinski definition) is 2. The monoisotopic (exact) mass is 357 g/mol. The van der Waals surface area contributed by atoms with E-state index in [-0.39, 0.29) is 23.9 Å². The number of carbonyl (C=O) groups excluding carboxylic acids is 1. The lowest BCUT2D eigenvalue weighted by molar-refractivity contribution is -0.119. The van der Waals surface area contributed by atoms with Crippen LogP contribution in [0.4, 0.5) is 10.2 Å². The molecule has 2 N–H and O–H groups in total. The first-order valence-corrected chi connectivity index (χ1v) is 7.80. The quantitative estimate of drug-likeness (QED) is 0.704. The first-order valence-electron chi connectivity index (χ1n) is 7.80. The van der Waals surface area contributed by atoms with Crippen LogP contribution in [0.1, 0.15) is 29.0 Å². The van der Waals surface area contributed by atoms with E-state index >= 15 is 0 Å². The molecule has 26 heavy (non-hydrogen) atoms. The Hall–Kier alpha value is -3.49. The summed E-state index contributed by atoms with van der Waals surface area (Å²) in [5.74, 6) is -1.69. The van der Waals surface area contributed by atoms with Gasteiger partial charge in [0.1, 0.15) is 17.6 Å². The van der Waals surface area contributed by atoms with Crippen LogP contribution in [0, 0.1) is 5.82 Å². The van der Waals surface area contributed by atoms with Gasteiger partial charge in [0.15, 0.2) is 5.82 Å². The van der Waals surface area contributed by atoms with E-state index in [0.717, 1.165) is 4.68 Å². The predicted octanol–water partition coefficient (Wildman–Crippen LogP) is 2.16. The Morgan fingerprint density at radius 3 is 2.77 bits per heavy atom. The zero-order valence-electron chi connectivity index (χ0n) is 13.8. The third-order valence-electron chi connectivity index (χ3n) is 3.82. The van der Waals surface area contributed by atoms with Crippen LogP contribution >= 0.6 is 0 Å². The summed E-state index contributed by atoms with van der Waals surface area (Å²) in [6.07, 6.45) is 2.93. The summed E-state index contributed by atoms with van der Waals surface area (Å²) in [6, 6.07) is 8.41. The van der Waals surface area contributed by atoms with E-state index in [1.165, 1.54) is 29.9 Å². The number of aromatic nitrogens is 4. The molecule has 0 aliphatic rings. The van der Waals surface area contributed by atoms with Crippen LogP contribution in [-0.4, -0.2) is 36.5 Å². The van der Waals surface area contributed by atoms with Gasteiger partial charge in [-0.15, -0.1) is 0 Å². The number of hydrogen-bond acceptors (Lipinski definition) is 4. The molecular formula is C17H16FN5O3. The maximum absolute atomic E-state index is 13.7. The normalized spacial score (nSPS) is 11.9. The minimum atomic E-state index is -1.17. The number of halogens is 1. The SMILES string of the molecule is CC(C(=O)Nc1ccn(Cc2ccccc2F)n1)n1nccc1C(=O)O. The molecule has 1 atom stereocenters. The molecule has 0 radical (unpaired) electrons. The van der Waals surface area contributed by atoms with Crippen molar-refractivity contribution in [2.45, 2.75) is 19.5 Å². The van der Waals surface area contributed by atoms with Crippen molar-refractivity contribution in [1.82, 2.24) is 19.6 Å². The van der Waals surface area contributed by atoms with Gasteiger partial charge in [0.05, 0.1) is 6.54 Å². The summed E-state index contributed by atoms with van der Waals surface area (Å²) in [7, 11) is 0. The van der Waals surface area contributed by atoms with Crippen molar-refractivity contribution in [2.75, 3.05) is 5.32 Å². The molecule has 1 aromatic carbocycles. The van der Waals surface area contributed by atoms with Crippen molar-refractivity contribution >= 4 is 17.7 Å². The Labute approximate surface area is 147 Å². The molecule has 0 bridgehead atoms. The first kappa shape index (κ1) is 17.3. The molecule has 8 nitrogen and oxygen atoms in total. The molecule has 134 valence electrons. The highest BCUT2D eigenvalue weighted by atomic mass is 19.1. The molecule has 1 unspecified atom stereocenters. The highest BCUT2D eigenvalue weighted by Gasteiger charge is 2.22. The Morgan fingerprint density at radius 1 is 1.27 bits per heavy atom. The minimum absolute atomic E-state index is 0.0854. The Bertz CT molecular complexity index is 949. The van der Waals surface area contributed by atoms with Crippen molar-refractivity contribution in [3.05, 3.63) is 65.9 Å². The molecular weight excluding hydrogens is 341 g/mol. The molecule has 3 aromatic rings. The van der Waals surface area contributed by atoms with Gasteiger partial charge >= 0.3 is 5.97 Å². The van der Waals surface area contributed by atoms with E-state index in [1.807, 2.05) is 0 Å². The number of amides is 1. The number of aromatic carboxylic acids is 1. The number of carboxylic acid groups (broad SMARTS) is 1. The number of nitrogens with zero attached hydrogens (tertiary/aromatic N) is 4. The number of rotatable bonds is 6. The van der Waals surface area contributed by atoms with Gasteiger partial charge in [-0.3, -0.25) is 9.48 Å². The van der Waals surface area contributed by atoms with Gasteiger partial charge in [0.2, 0.25) is 5.91 Å². The number of nitrogens with one attached hydrogen (secondary N) is 1. The summed E-state index contributed by atoms with van der Waals surface area (Å²) in [5, 5.41) is 19.8. The van der Waals surface area contributed by atoms with E-state index in [4.69, 9.17) is 5.11 Å². The summed E-state index contributed by atoms with van der Waals surface area (Å²) >= 11 is 0. The topological polar surface area (TPSA) is 102 Å². The molecule has 0 saturated carbocycles. The van der Waals surface area contributed by atoms with Gasteiger partial charge in [-0.05, 0) is 19.1 Å². The standard InChI is InChI=1S/C17H16FN5O3/c1-11(23-14(17(25)26)6-8-19-23)16(24)20-15-7-9-22(21-15)10-12-4-2-3-5-13(12)18/h2-9,11H,10H2,1H3,(H,25,26)(H,20,21,24). The van der Waals surface area contributed by atoms with E-state index in [0.29, 0.717) is 5.56 Å². The molecule has 3 rings (SSSR count). The van der Waals surface area contributed by atoms with Crippen LogP contribution in [0.2, 0.25) is 0 Å². The molecule has 2 heterocycles. The van der Waals surface area contributed by atoms with E-state index in [9.17, 15) is 14.0 Å². The molecule has 2 aromatic heterocycles. The van der Waals surface area contributed by atoms with Gasteiger partial charge in [0, 0.05) is 24.0 Å². The lowest BCUT2D eigenvalue weighted by Crippen LogP contribution is -2.27. The van der Waals surface area contributed by atoms with Gasteiger partial charge in [-0.1, -0.05) is 18.2 Å². The third-order valence-corrected chi connectivity index (χ3v) is 3.82. The summed E-state index contributed by atoms with van der Waals surface area (Å²) < 4.78 is 16.3. The second-order valence-electron chi connectivity index (χ2n) is 5.62. The van der Waals surface area contributed by atoms with Gasteiger partial charge in [-0.2, -0.15) is 10.2 Å².